The highest BCUT2D eigenvalue weighted by Crippen LogP contribution is 2.38. The van der Waals surface area contributed by atoms with Gasteiger partial charge in [0.15, 0.2) is 0 Å². The Kier molecular flexibility index (Phi) is 5.19. The topological polar surface area (TPSA) is 61.5 Å². The summed E-state index contributed by atoms with van der Waals surface area (Å²) in [6.07, 6.45) is -3.32. The molecule has 8 heteroatoms. The molecule has 1 heterocycles. The number of alkyl halides is 3. The van der Waals surface area contributed by atoms with Gasteiger partial charge in [-0.2, -0.15) is 13.2 Å². The zero-order valence-electron chi connectivity index (χ0n) is 14.6. The van der Waals surface area contributed by atoms with Crippen molar-refractivity contribution in [3.8, 4) is 0 Å². The minimum atomic E-state index is -4.91. The Morgan fingerprint density at radius 2 is 1.76 bits per heavy atom. The summed E-state index contributed by atoms with van der Waals surface area (Å²) in [5, 5.41) is 0. The van der Waals surface area contributed by atoms with Crippen molar-refractivity contribution in [3.05, 3.63) is 40.9 Å². The van der Waals surface area contributed by atoms with Crippen LogP contribution in [0.2, 0.25) is 0 Å². The molecule has 0 aromatic heterocycles. The summed E-state index contributed by atoms with van der Waals surface area (Å²) < 4.78 is 49.6. The second-order valence-corrected chi connectivity index (χ2v) is 6.96. The first-order valence-electron chi connectivity index (χ1n) is 7.85. The first kappa shape index (κ1) is 19.7. The van der Waals surface area contributed by atoms with Crippen LogP contribution in [0.5, 0.6) is 0 Å². The van der Waals surface area contributed by atoms with Crippen molar-refractivity contribution < 1.29 is 27.3 Å². The van der Waals surface area contributed by atoms with Crippen molar-refractivity contribution in [1.82, 2.24) is 0 Å². The van der Waals surface area contributed by atoms with Gasteiger partial charge in [0.25, 0.3) is 5.78 Å². The molecule has 2 rings (SSSR count). The van der Waals surface area contributed by atoms with Crippen LogP contribution < -0.4 is 5.73 Å². The van der Waals surface area contributed by atoms with E-state index in [2.05, 4.69) is 0 Å². The van der Waals surface area contributed by atoms with Crippen LogP contribution in [0.1, 0.15) is 43.6 Å². The number of nitrogens with two attached hydrogens (primary N) is 1. The Bertz CT molecular complexity index is 683. The monoisotopic (exact) mass is 355 g/mol. The molecule has 2 N–H and O–H groups in total. The molecule has 4 nitrogen and oxygen atoms in total. The predicted octanol–water partition coefficient (Wildman–Crippen LogP) is 3.41. The Morgan fingerprint density at radius 1 is 1.20 bits per heavy atom. The van der Waals surface area contributed by atoms with E-state index in [0.717, 1.165) is 6.07 Å². The van der Waals surface area contributed by atoms with Crippen molar-refractivity contribution in [3.63, 3.8) is 0 Å². The summed E-state index contributed by atoms with van der Waals surface area (Å²) in [6.45, 7) is 7.68. The lowest BCUT2D eigenvalue weighted by atomic mass is 9.77. The Balaban J connectivity index is 2.31. The number of hydrogen-bond donors (Lipinski definition) is 1. The number of ketones is 1. The van der Waals surface area contributed by atoms with Crippen LogP contribution in [0.15, 0.2) is 29.7 Å². The molecule has 1 aromatic carbocycles. The van der Waals surface area contributed by atoms with Crippen molar-refractivity contribution in [2.24, 2.45) is 5.73 Å². The number of halogens is 3. The SMILES string of the molecule is CC1(C)OB(C(=Cc2cccc(C(=O)C(F)(F)F)c2)CN)OC1(C)C. The first-order valence-corrected chi connectivity index (χ1v) is 7.85. The lowest BCUT2D eigenvalue weighted by molar-refractivity contribution is -0.0885. The van der Waals surface area contributed by atoms with Crippen LogP contribution in [0.4, 0.5) is 13.2 Å². The Hall–Kier alpha value is -1.64. The number of Topliss-reactive ketones (excluding diaryl/α,β-unsaturated/α-hetero) is 1. The Morgan fingerprint density at radius 3 is 2.24 bits per heavy atom. The van der Waals surface area contributed by atoms with Gasteiger partial charge in [0.05, 0.1) is 11.2 Å². The van der Waals surface area contributed by atoms with Gasteiger partial charge in [-0.05, 0) is 44.8 Å². The van der Waals surface area contributed by atoms with E-state index in [1.54, 1.807) is 12.1 Å². The highest BCUT2D eigenvalue weighted by Gasteiger charge is 2.52. The summed E-state index contributed by atoms with van der Waals surface area (Å²) in [5.74, 6) is -1.88. The predicted molar refractivity (Wildman–Crippen MR) is 89.9 cm³/mol. The lowest BCUT2D eigenvalue weighted by Crippen LogP contribution is -2.41. The number of benzene rings is 1. The van der Waals surface area contributed by atoms with Crippen molar-refractivity contribution >= 4 is 19.0 Å². The number of hydrogen-bond acceptors (Lipinski definition) is 4. The summed E-state index contributed by atoms with van der Waals surface area (Å²) in [5.41, 5.74) is 5.23. The molecular weight excluding hydrogens is 334 g/mol. The largest absolute Gasteiger partial charge is 0.491 e. The van der Waals surface area contributed by atoms with Crippen molar-refractivity contribution in [1.29, 1.82) is 0 Å². The van der Waals surface area contributed by atoms with E-state index in [1.807, 2.05) is 27.7 Å². The third-order valence-electron chi connectivity index (χ3n) is 4.55. The van der Waals surface area contributed by atoms with Crippen LogP contribution in [0, 0.1) is 0 Å². The summed E-state index contributed by atoms with van der Waals surface area (Å²) >= 11 is 0. The summed E-state index contributed by atoms with van der Waals surface area (Å²) in [6, 6.07) is 5.29. The fourth-order valence-electron chi connectivity index (χ4n) is 2.37. The molecule has 0 unspecified atom stereocenters. The molecule has 1 aliphatic heterocycles. The molecule has 0 saturated carbocycles. The van der Waals surface area contributed by atoms with Gasteiger partial charge in [0.2, 0.25) is 0 Å². The van der Waals surface area contributed by atoms with E-state index in [-0.39, 0.29) is 6.54 Å². The molecule has 0 amide bonds. The zero-order chi connectivity index (χ0) is 19.0. The van der Waals surface area contributed by atoms with Gasteiger partial charge >= 0.3 is 13.3 Å². The fourth-order valence-corrected chi connectivity index (χ4v) is 2.37. The average Bonchev–Trinajstić information content (AvgIpc) is 2.71. The standard InChI is InChI=1S/C17H21BF3NO3/c1-15(2)16(3,4)25-18(24-15)13(10-22)9-11-6-5-7-12(8-11)14(23)17(19,20)21/h5-9H,10,22H2,1-4H3. The van der Waals surface area contributed by atoms with E-state index in [9.17, 15) is 18.0 Å². The molecule has 0 aliphatic carbocycles. The maximum absolute atomic E-state index is 12.6. The summed E-state index contributed by atoms with van der Waals surface area (Å²) in [4.78, 5) is 11.4. The third kappa shape index (κ3) is 4.13. The fraction of sp³-hybridized carbons (Fsp3) is 0.471. The van der Waals surface area contributed by atoms with Gasteiger partial charge in [-0.15, -0.1) is 0 Å². The van der Waals surface area contributed by atoms with E-state index >= 15 is 0 Å². The van der Waals surface area contributed by atoms with Gasteiger partial charge in [0.1, 0.15) is 0 Å². The molecule has 0 spiro atoms. The normalized spacial score (nSPS) is 20.0. The molecule has 0 bridgehead atoms. The first-order chi connectivity index (χ1) is 11.4. The molecule has 1 aliphatic rings. The molecule has 25 heavy (non-hydrogen) atoms. The van der Waals surface area contributed by atoms with E-state index in [4.69, 9.17) is 15.0 Å². The van der Waals surface area contributed by atoms with Crippen molar-refractivity contribution in [2.75, 3.05) is 6.54 Å². The number of carbonyl (C=O) groups is 1. The highest BCUT2D eigenvalue weighted by atomic mass is 19.4. The summed E-state index contributed by atoms with van der Waals surface area (Å²) in [7, 11) is -0.697. The molecule has 1 fully saturated rings. The van der Waals surface area contributed by atoms with Crippen molar-refractivity contribution in [2.45, 2.75) is 45.1 Å². The highest BCUT2D eigenvalue weighted by molar-refractivity contribution is 6.55. The second kappa shape index (κ2) is 6.59. The van der Waals surface area contributed by atoms with Crippen LogP contribution in [-0.4, -0.2) is 36.8 Å². The Labute approximate surface area is 145 Å². The van der Waals surface area contributed by atoms with Gasteiger partial charge in [-0.1, -0.05) is 24.3 Å². The zero-order valence-corrected chi connectivity index (χ0v) is 14.6. The van der Waals surface area contributed by atoms with Gasteiger partial charge in [0, 0.05) is 12.1 Å². The minimum Gasteiger partial charge on any atom is -0.400 e. The average molecular weight is 355 g/mol. The van der Waals surface area contributed by atoms with Crippen LogP contribution in [-0.2, 0) is 9.31 Å². The van der Waals surface area contributed by atoms with E-state index in [0.29, 0.717) is 11.0 Å². The maximum Gasteiger partial charge on any atom is 0.491 e. The third-order valence-corrected chi connectivity index (χ3v) is 4.55. The number of carbonyl (C=O) groups excluding carboxylic acids is 1. The van der Waals surface area contributed by atoms with Gasteiger partial charge < -0.3 is 15.0 Å². The molecule has 0 atom stereocenters. The quantitative estimate of drug-likeness (QED) is 0.664. The van der Waals surface area contributed by atoms with Gasteiger partial charge in [-0.3, -0.25) is 4.79 Å². The molecular formula is C17H21BF3NO3. The maximum atomic E-state index is 12.6. The number of rotatable bonds is 4. The molecule has 1 aromatic rings. The second-order valence-electron chi connectivity index (χ2n) is 6.96. The van der Waals surface area contributed by atoms with Crippen LogP contribution in [0.3, 0.4) is 0 Å². The smallest absolute Gasteiger partial charge is 0.400 e. The minimum absolute atomic E-state index is 0.105. The molecule has 0 radical (unpaired) electrons. The lowest BCUT2D eigenvalue weighted by Gasteiger charge is -2.32. The molecule has 1 saturated heterocycles. The van der Waals surface area contributed by atoms with E-state index in [1.165, 1.54) is 12.1 Å². The van der Waals surface area contributed by atoms with Crippen LogP contribution in [0.25, 0.3) is 6.08 Å². The van der Waals surface area contributed by atoms with Gasteiger partial charge in [-0.25, -0.2) is 0 Å². The van der Waals surface area contributed by atoms with E-state index < -0.39 is 35.8 Å². The van der Waals surface area contributed by atoms with Crippen LogP contribution >= 0.6 is 0 Å². The molecule has 136 valence electrons.